The molecule has 7 N–H and O–H groups in total. The number of amides is 3. The molecule has 11 heteroatoms. The molecule has 28 heavy (non-hydrogen) atoms. The molecule has 0 bridgehead atoms. The van der Waals surface area contributed by atoms with Gasteiger partial charge in [0.2, 0.25) is 17.7 Å². The van der Waals surface area contributed by atoms with Crippen molar-refractivity contribution >= 4 is 23.7 Å². The van der Waals surface area contributed by atoms with E-state index in [1.807, 2.05) is 6.92 Å². The van der Waals surface area contributed by atoms with Crippen molar-refractivity contribution in [1.29, 1.82) is 0 Å². The zero-order chi connectivity index (χ0) is 21.3. The quantitative estimate of drug-likeness (QED) is 0.264. The normalized spacial score (nSPS) is 15.0. The number of aliphatic carboxylic acids is 1. The molecule has 0 saturated carbocycles. The molecular weight excluding hydrogens is 368 g/mol. The molecule has 0 aliphatic carbocycles. The maximum atomic E-state index is 12.1. The molecule has 0 saturated heterocycles. The first kappa shape index (κ1) is 23.1. The van der Waals surface area contributed by atoms with E-state index in [2.05, 4.69) is 25.9 Å². The van der Waals surface area contributed by atoms with Gasteiger partial charge in [-0.3, -0.25) is 14.4 Å². The lowest BCUT2D eigenvalue weighted by atomic mass is 9.99. The highest BCUT2D eigenvalue weighted by Crippen LogP contribution is 2.08. The SMILES string of the molecule is CCC(C)C(NC(=O)C(C)NC(=O)CNC(=O)C(N)Cc1cnc[nH]1)C(=O)O. The molecule has 3 amide bonds. The third-order valence-electron chi connectivity index (χ3n) is 4.30. The minimum absolute atomic E-state index is 0.235. The predicted octanol–water partition coefficient (Wildman–Crippen LogP) is -1.48. The number of imidazole rings is 1. The smallest absolute Gasteiger partial charge is 0.326 e. The maximum absolute atomic E-state index is 12.1. The van der Waals surface area contributed by atoms with Gasteiger partial charge in [0.1, 0.15) is 12.1 Å². The molecule has 1 heterocycles. The van der Waals surface area contributed by atoms with Gasteiger partial charge in [-0.1, -0.05) is 20.3 Å². The van der Waals surface area contributed by atoms with Crippen LogP contribution in [0.25, 0.3) is 0 Å². The number of carbonyl (C=O) groups is 4. The second-order valence-corrected chi connectivity index (χ2v) is 6.60. The number of aromatic nitrogens is 2. The summed E-state index contributed by atoms with van der Waals surface area (Å²) in [5, 5.41) is 16.4. The Hall–Kier alpha value is -2.95. The lowest BCUT2D eigenvalue weighted by Crippen LogP contribution is -2.54. The maximum Gasteiger partial charge on any atom is 0.326 e. The average molecular weight is 396 g/mol. The number of nitrogens with two attached hydrogens (primary N) is 1. The highest BCUT2D eigenvalue weighted by atomic mass is 16.4. The number of rotatable bonds is 11. The van der Waals surface area contributed by atoms with Crippen LogP contribution in [-0.2, 0) is 25.6 Å². The molecule has 0 spiro atoms. The Bertz CT molecular complexity index is 678. The molecule has 0 fully saturated rings. The second kappa shape index (κ2) is 11.0. The van der Waals surface area contributed by atoms with E-state index in [1.54, 1.807) is 13.1 Å². The standard InChI is InChI=1S/C17H28N6O5/c1-4-9(2)14(17(27)28)23-15(25)10(3)22-13(24)7-20-16(26)12(18)5-11-6-19-8-21-11/h6,8-10,12,14H,4-5,7,18H2,1-3H3,(H,19,21)(H,20,26)(H,22,24)(H,23,25)(H,27,28). The van der Waals surface area contributed by atoms with Crippen molar-refractivity contribution in [3.8, 4) is 0 Å². The van der Waals surface area contributed by atoms with Crippen molar-refractivity contribution in [2.75, 3.05) is 6.54 Å². The molecule has 1 aromatic heterocycles. The van der Waals surface area contributed by atoms with E-state index in [1.165, 1.54) is 13.3 Å². The van der Waals surface area contributed by atoms with Gasteiger partial charge in [0.25, 0.3) is 0 Å². The van der Waals surface area contributed by atoms with Crippen LogP contribution in [0.2, 0.25) is 0 Å². The first-order chi connectivity index (χ1) is 13.1. The van der Waals surface area contributed by atoms with Crippen LogP contribution in [0.4, 0.5) is 0 Å². The predicted molar refractivity (Wildman–Crippen MR) is 99.9 cm³/mol. The van der Waals surface area contributed by atoms with Crippen LogP contribution < -0.4 is 21.7 Å². The molecule has 0 radical (unpaired) electrons. The van der Waals surface area contributed by atoms with Crippen LogP contribution >= 0.6 is 0 Å². The van der Waals surface area contributed by atoms with Crippen LogP contribution in [0.3, 0.4) is 0 Å². The Morgan fingerprint density at radius 3 is 2.43 bits per heavy atom. The summed E-state index contributed by atoms with van der Waals surface area (Å²) >= 11 is 0. The van der Waals surface area contributed by atoms with Gasteiger partial charge in [-0.05, 0) is 12.8 Å². The van der Waals surface area contributed by atoms with Crippen molar-refractivity contribution < 1.29 is 24.3 Å². The van der Waals surface area contributed by atoms with Crippen LogP contribution in [0, 0.1) is 5.92 Å². The lowest BCUT2D eigenvalue weighted by Gasteiger charge is -2.22. The molecule has 0 aliphatic heterocycles. The van der Waals surface area contributed by atoms with Crippen LogP contribution in [0.5, 0.6) is 0 Å². The highest BCUT2D eigenvalue weighted by Gasteiger charge is 2.27. The Morgan fingerprint density at radius 1 is 1.21 bits per heavy atom. The third-order valence-corrected chi connectivity index (χ3v) is 4.30. The first-order valence-electron chi connectivity index (χ1n) is 8.98. The number of carboxylic acids is 1. The van der Waals surface area contributed by atoms with E-state index in [0.29, 0.717) is 12.1 Å². The average Bonchev–Trinajstić information content (AvgIpc) is 3.15. The molecule has 4 unspecified atom stereocenters. The fraction of sp³-hybridized carbons (Fsp3) is 0.588. The van der Waals surface area contributed by atoms with Gasteiger partial charge in [0, 0.05) is 18.3 Å². The molecular formula is C17H28N6O5. The number of carboxylic acid groups (broad SMARTS) is 1. The van der Waals surface area contributed by atoms with E-state index in [-0.39, 0.29) is 18.9 Å². The highest BCUT2D eigenvalue weighted by molar-refractivity contribution is 5.92. The van der Waals surface area contributed by atoms with E-state index >= 15 is 0 Å². The molecule has 11 nitrogen and oxygen atoms in total. The lowest BCUT2D eigenvalue weighted by molar-refractivity contribution is -0.143. The number of nitrogens with one attached hydrogen (secondary N) is 4. The van der Waals surface area contributed by atoms with Crippen molar-refractivity contribution in [3.63, 3.8) is 0 Å². The summed E-state index contributed by atoms with van der Waals surface area (Å²) in [7, 11) is 0. The fourth-order valence-electron chi connectivity index (χ4n) is 2.34. The third kappa shape index (κ3) is 7.35. The molecule has 156 valence electrons. The van der Waals surface area contributed by atoms with Gasteiger partial charge in [-0.15, -0.1) is 0 Å². The monoisotopic (exact) mass is 396 g/mol. The van der Waals surface area contributed by atoms with Crippen molar-refractivity contribution in [2.45, 2.75) is 51.7 Å². The zero-order valence-electron chi connectivity index (χ0n) is 16.2. The van der Waals surface area contributed by atoms with Gasteiger partial charge in [0.05, 0.1) is 18.9 Å². The van der Waals surface area contributed by atoms with Gasteiger partial charge in [-0.2, -0.15) is 0 Å². The molecule has 0 aliphatic rings. The van der Waals surface area contributed by atoms with E-state index in [9.17, 15) is 24.3 Å². The number of aromatic amines is 1. The molecule has 4 atom stereocenters. The summed E-state index contributed by atoms with van der Waals surface area (Å²) in [5.74, 6) is -3.15. The number of carbonyl (C=O) groups excluding carboxylic acids is 3. The zero-order valence-corrected chi connectivity index (χ0v) is 16.2. The van der Waals surface area contributed by atoms with E-state index in [0.717, 1.165) is 0 Å². The number of H-pyrrole nitrogens is 1. The summed E-state index contributed by atoms with van der Waals surface area (Å²) in [6, 6.07) is -2.87. The van der Waals surface area contributed by atoms with Crippen molar-refractivity contribution in [1.82, 2.24) is 25.9 Å². The molecule has 1 rings (SSSR count). The Kier molecular flexibility index (Phi) is 9.09. The van der Waals surface area contributed by atoms with Gasteiger partial charge in [-0.25, -0.2) is 9.78 Å². The van der Waals surface area contributed by atoms with Crippen LogP contribution in [0.1, 0.15) is 32.9 Å². The fourth-order valence-corrected chi connectivity index (χ4v) is 2.34. The van der Waals surface area contributed by atoms with Crippen molar-refractivity contribution in [2.24, 2.45) is 11.7 Å². The molecule has 0 aromatic carbocycles. The van der Waals surface area contributed by atoms with E-state index < -0.39 is 41.8 Å². The number of hydrogen-bond donors (Lipinski definition) is 6. The minimum Gasteiger partial charge on any atom is -0.480 e. The van der Waals surface area contributed by atoms with Gasteiger partial charge >= 0.3 is 5.97 Å². The topological polar surface area (TPSA) is 179 Å². The Labute approximate surface area is 162 Å². The minimum atomic E-state index is -1.14. The van der Waals surface area contributed by atoms with Crippen LogP contribution in [0.15, 0.2) is 12.5 Å². The summed E-state index contributed by atoms with van der Waals surface area (Å²) in [4.78, 5) is 53.9. The summed E-state index contributed by atoms with van der Waals surface area (Å²) in [5.41, 5.74) is 6.44. The Morgan fingerprint density at radius 2 is 1.89 bits per heavy atom. The summed E-state index contributed by atoms with van der Waals surface area (Å²) in [6.07, 6.45) is 3.82. The number of nitrogens with zero attached hydrogens (tertiary/aromatic N) is 1. The first-order valence-corrected chi connectivity index (χ1v) is 8.98. The second-order valence-electron chi connectivity index (χ2n) is 6.60. The number of hydrogen-bond acceptors (Lipinski definition) is 6. The summed E-state index contributed by atoms with van der Waals surface area (Å²) < 4.78 is 0. The van der Waals surface area contributed by atoms with Gasteiger partial charge < -0.3 is 31.8 Å². The van der Waals surface area contributed by atoms with Gasteiger partial charge in [0.15, 0.2) is 0 Å². The van der Waals surface area contributed by atoms with Crippen molar-refractivity contribution in [3.05, 3.63) is 18.2 Å². The summed E-state index contributed by atoms with van der Waals surface area (Å²) in [6.45, 7) is 4.59. The van der Waals surface area contributed by atoms with Crippen LogP contribution in [-0.4, -0.2) is 63.4 Å². The van der Waals surface area contributed by atoms with E-state index in [4.69, 9.17) is 5.73 Å². The Balaban J connectivity index is 2.43. The largest absolute Gasteiger partial charge is 0.480 e. The molecule has 1 aromatic rings.